The first-order chi connectivity index (χ1) is 15.1. The van der Waals surface area contributed by atoms with E-state index < -0.39 is 0 Å². The SMILES string of the molecule is COCCCN(Cc1ccccc1C(=O)OC)Cc1cccn1Cc1ccccc1F. The van der Waals surface area contributed by atoms with Crippen molar-refractivity contribution >= 4 is 5.97 Å². The number of nitrogens with zero attached hydrogens (tertiary/aromatic N) is 2. The molecule has 0 spiro atoms. The number of rotatable bonds is 11. The largest absolute Gasteiger partial charge is 0.465 e. The average molecular weight is 425 g/mol. The summed E-state index contributed by atoms with van der Waals surface area (Å²) in [5.74, 6) is -0.540. The van der Waals surface area contributed by atoms with Crippen LogP contribution in [-0.2, 0) is 29.1 Å². The van der Waals surface area contributed by atoms with Crippen molar-refractivity contribution in [3.63, 3.8) is 0 Å². The van der Waals surface area contributed by atoms with Crippen LogP contribution in [0.3, 0.4) is 0 Å². The highest BCUT2D eigenvalue weighted by molar-refractivity contribution is 5.90. The Labute approximate surface area is 183 Å². The molecule has 0 fully saturated rings. The van der Waals surface area contributed by atoms with Crippen molar-refractivity contribution in [2.24, 2.45) is 0 Å². The molecule has 3 aromatic rings. The highest BCUT2D eigenvalue weighted by atomic mass is 19.1. The van der Waals surface area contributed by atoms with Gasteiger partial charge in [0, 0.05) is 50.8 Å². The van der Waals surface area contributed by atoms with Crippen LogP contribution in [0.4, 0.5) is 4.39 Å². The average Bonchev–Trinajstić information content (AvgIpc) is 3.21. The lowest BCUT2D eigenvalue weighted by molar-refractivity contribution is 0.0598. The third kappa shape index (κ3) is 6.26. The first-order valence-electron chi connectivity index (χ1n) is 10.4. The second kappa shape index (κ2) is 11.4. The van der Waals surface area contributed by atoms with Crippen molar-refractivity contribution in [1.82, 2.24) is 9.47 Å². The van der Waals surface area contributed by atoms with Gasteiger partial charge in [0.15, 0.2) is 0 Å². The van der Waals surface area contributed by atoms with Crippen LogP contribution < -0.4 is 0 Å². The van der Waals surface area contributed by atoms with E-state index in [1.54, 1.807) is 19.2 Å². The summed E-state index contributed by atoms with van der Waals surface area (Å²) < 4.78 is 26.4. The molecule has 0 radical (unpaired) electrons. The van der Waals surface area contributed by atoms with Crippen LogP contribution in [0.2, 0.25) is 0 Å². The number of benzene rings is 2. The van der Waals surface area contributed by atoms with Gasteiger partial charge in [-0.2, -0.15) is 0 Å². The molecule has 0 unspecified atom stereocenters. The number of carbonyl (C=O) groups excluding carboxylic acids is 1. The third-order valence-corrected chi connectivity index (χ3v) is 5.25. The van der Waals surface area contributed by atoms with Crippen molar-refractivity contribution in [2.45, 2.75) is 26.1 Å². The van der Waals surface area contributed by atoms with Gasteiger partial charge in [-0.1, -0.05) is 36.4 Å². The predicted molar refractivity (Wildman–Crippen MR) is 118 cm³/mol. The van der Waals surface area contributed by atoms with Crippen molar-refractivity contribution in [3.05, 3.63) is 95.1 Å². The Morgan fingerprint density at radius 1 is 0.968 bits per heavy atom. The molecule has 1 heterocycles. The molecule has 6 heteroatoms. The quantitative estimate of drug-likeness (QED) is 0.336. The van der Waals surface area contributed by atoms with Gasteiger partial charge in [0.1, 0.15) is 5.82 Å². The fourth-order valence-corrected chi connectivity index (χ4v) is 3.64. The molecule has 0 aliphatic heterocycles. The number of hydrogen-bond donors (Lipinski definition) is 0. The molecule has 164 valence electrons. The fraction of sp³-hybridized carbons (Fsp3) is 0.320. The second-order valence-corrected chi connectivity index (χ2v) is 7.42. The maximum Gasteiger partial charge on any atom is 0.338 e. The summed E-state index contributed by atoms with van der Waals surface area (Å²) in [6, 6.07) is 18.4. The zero-order valence-corrected chi connectivity index (χ0v) is 18.1. The number of hydrogen-bond acceptors (Lipinski definition) is 4. The summed E-state index contributed by atoms with van der Waals surface area (Å²) >= 11 is 0. The summed E-state index contributed by atoms with van der Waals surface area (Å²) in [6.45, 7) is 3.19. The van der Waals surface area contributed by atoms with E-state index >= 15 is 0 Å². The van der Waals surface area contributed by atoms with E-state index in [0.717, 1.165) is 24.2 Å². The number of carbonyl (C=O) groups is 1. The lowest BCUT2D eigenvalue weighted by Crippen LogP contribution is -2.27. The molecule has 0 bridgehead atoms. The van der Waals surface area contributed by atoms with Gasteiger partial charge in [-0.05, 0) is 36.2 Å². The molecular formula is C25H29FN2O3. The molecule has 0 amide bonds. The number of halogens is 1. The van der Waals surface area contributed by atoms with Crippen LogP contribution in [0.5, 0.6) is 0 Å². The van der Waals surface area contributed by atoms with Gasteiger partial charge in [0.2, 0.25) is 0 Å². The Bertz CT molecular complexity index is 986. The van der Waals surface area contributed by atoms with Gasteiger partial charge in [-0.25, -0.2) is 9.18 Å². The Morgan fingerprint density at radius 3 is 2.45 bits per heavy atom. The van der Waals surface area contributed by atoms with Crippen molar-refractivity contribution < 1.29 is 18.7 Å². The molecule has 0 saturated carbocycles. The molecule has 0 atom stereocenters. The zero-order valence-electron chi connectivity index (χ0n) is 18.1. The predicted octanol–water partition coefficient (Wildman–Crippen LogP) is 4.50. The summed E-state index contributed by atoms with van der Waals surface area (Å²) in [4.78, 5) is 14.5. The zero-order chi connectivity index (χ0) is 22.1. The molecule has 3 rings (SSSR count). The van der Waals surface area contributed by atoms with E-state index in [4.69, 9.17) is 9.47 Å². The van der Waals surface area contributed by atoms with Gasteiger partial charge in [0.05, 0.1) is 19.2 Å². The van der Waals surface area contributed by atoms with Crippen molar-refractivity contribution in [2.75, 3.05) is 27.4 Å². The van der Waals surface area contributed by atoms with Crippen LogP contribution in [0.15, 0.2) is 66.9 Å². The van der Waals surface area contributed by atoms with Gasteiger partial charge in [-0.3, -0.25) is 4.90 Å². The maximum absolute atomic E-state index is 14.1. The number of ether oxygens (including phenoxy) is 2. The maximum atomic E-state index is 14.1. The Morgan fingerprint density at radius 2 is 1.71 bits per heavy atom. The summed E-state index contributed by atoms with van der Waals surface area (Å²) in [5, 5.41) is 0. The minimum absolute atomic E-state index is 0.203. The lowest BCUT2D eigenvalue weighted by Gasteiger charge is -2.24. The molecule has 0 aliphatic rings. The molecule has 0 aliphatic carbocycles. The Balaban J connectivity index is 1.79. The minimum Gasteiger partial charge on any atom is -0.465 e. The standard InChI is InChI=1S/C25H29FN2O3/c1-30-16-8-14-27(17-20-9-3-5-12-23(20)25(29)31-2)19-22-11-7-15-28(22)18-21-10-4-6-13-24(21)26/h3-7,9-13,15H,8,14,16-19H2,1-2H3. The molecule has 1 aromatic heterocycles. The van der Waals surface area contributed by atoms with Gasteiger partial charge >= 0.3 is 5.97 Å². The molecule has 0 saturated heterocycles. The van der Waals surface area contributed by atoms with E-state index in [2.05, 4.69) is 15.5 Å². The Hall–Kier alpha value is -2.96. The lowest BCUT2D eigenvalue weighted by atomic mass is 10.1. The van der Waals surface area contributed by atoms with Crippen LogP contribution in [0.25, 0.3) is 0 Å². The van der Waals surface area contributed by atoms with Crippen LogP contribution in [0, 0.1) is 5.82 Å². The van der Waals surface area contributed by atoms with Crippen LogP contribution in [-0.4, -0.2) is 42.8 Å². The number of esters is 1. The Kier molecular flexibility index (Phi) is 8.38. The highest BCUT2D eigenvalue weighted by Gasteiger charge is 2.16. The van der Waals surface area contributed by atoms with E-state index in [1.165, 1.54) is 13.2 Å². The molecule has 31 heavy (non-hydrogen) atoms. The molecule has 5 nitrogen and oxygen atoms in total. The molecule has 0 N–H and O–H groups in total. The highest BCUT2D eigenvalue weighted by Crippen LogP contribution is 2.17. The van der Waals surface area contributed by atoms with E-state index in [1.807, 2.05) is 42.6 Å². The van der Waals surface area contributed by atoms with Gasteiger partial charge < -0.3 is 14.0 Å². The third-order valence-electron chi connectivity index (χ3n) is 5.25. The van der Waals surface area contributed by atoms with E-state index in [9.17, 15) is 9.18 Å². The van der Waals surface area contributed by atoms with Crippen molar-refractivity contribution in [1.29, 1.82) is 0 Å². The topological polar surface area (TPSA) is 43.7 Å². The summed E-state index contributed by atoms with van der Waals surface area (Å²) in [7, 11) is 3.08. The summed E-state index contributed by atoms with van der Waals surface area (Å²) in [5.41, 5.74) is 3.22. The minimum atomic E-state index is -0.338. The normalized spacial score (nSPS) is 11.1. The first-order valence-corrected chi connectivity index (χ1v) is 10.4. The fourth-order valence-electron chi connectivity index (χ4n) is 3.64. The molecular weight excluding hydrogens is 395 g/mol. The number of methoxy groups -OCH3 is 2. The second-order valence-electron chi connectivity index (χ2n) is 7.42. The van der Waals surface area contributed by atoms with Crippen LogP contribution in [0.1, 0.15) is 33.6 Å². The van der Waals surface area contributed by atoms with Crippen molar-refractivity contribution in [3.8, 4) is 0 Å². The monoisotopic (exact) mass is 424 g/mol. The summed E-state index contributed by atoms with van der Waals surface area (Å²) in [6.07, 6.45) is 2.84. The van der Waals surface area contributed by atoms with Gasteiger partial charge in [-0.15, -0.1) is 0 Å². The smallest absolute Gasteiger partial charge is 0.338 e. The molecule has 2 aromatic carbocycles. The van der Waals surface area contributed by atoms with E-state index in [-0.39, 0.29) is 11.8 Å². The van der Waals surface area contributed by atoms with Gasteiger partial charge in [0.25, 0.3) is 0 Å². The first kappa shape index (κ1) is 22.7. The number of aromatic nitrogens is 1. The van der Waals surface area contributed by atoms with E-state index in [0.29, 0.717) is 37.4 Å². The van der Waals surface area contributed by atoms with Crippen LogP contribution >= 0.6 is 0 Å².